The first-order chi connectivity index (χ1) is 16.7. The molecule has 2 aromatic rings. The molecule has 1 aromatic heterocycles. The quantitative estimate of drug-likeness (QED) is 0.551. The molecule has 3 heterocycles. The summed E-state index contributed by atoms with van der Waals surface area (Å²) < 4.78 is 58.0. The van der Waals surface area contributed by atoms with Crippen molar-refractivity contribution >= 4 is 38.4 Å². The average Bonchev–Trinajstić information content (AvgIpc) is 3.58. The summed E-state index contributed by atoms with van der Waals surface area (Å²) in [5.41, 5.74) is 2.22. The number of nitrogens with one attached hydrogen (secondary N) is 1. The summed E-state index contributed by atoms with van der Waals surface area (Å²) in [5.74, 6) is 0.116. The molecule has 0 bridgehead atoms. The van der Waals surface area contributed by atoms with E-state index < -0.39 is 16.3 Å². The first-order valence-electron chi connectivity index (χ1n) is 11.8. The molecular formula is C25H27F2N3O4S. The standard InChI is InChI=1S/C25H27F2N3O4S/c1-35(32,33)23-10-15(22-4-2-3-9-34-22)7-8-17(23)29-18-11-16(12-21(31)14-5-6-14)28-19-13-20(25(26)27)30-24(18)19/h7-8,10-11,14,22,25H,2-6,9,12-13H2,1H3,(H,28,29)/t22-/m1/s1. The highest BCUT2D eigenvalue weighted by atomic mass is 32.2. The molecule has 1 saturated heterocycles. The molecule has 1 aromatic carbocycles. The number of pyridine rings is 1. The third-order valence-corrected chi connectivity index (χ3v) is 7.72. The van der Waals surface area contributed by atoms with Gasteiger partial charge in [-0.2, -0.15) is 0 Å². The fourth-order valence-electron chi connectivity index (χ4n) is 4.59. The van der Waals surface area contributed by atoms with E-state index in [2.05, 4.69) is 15.3 Å². The Kier molecular flexibility index (Phi) is 6.43. The molecule has 2 fully saturated rings. The van der Waals surface area contributed by atoms with Crippen molar-refractivity contribution in [3.8, 4) is 0 Å². The number of nitrogens with zero attached hydrogens (tertiary/aromatic N) is 2. The number of hydrogen-bond donors (Lipinski definition) is 1. The molecule has 10 heteroatoms. The molecule has 0 amide bonds. The van der Waals surface area contributed by atoms with Gasteiger partial charge in [0.2, 0.25) is 0 Å². The second-order valence-corrected chi connectivity index (χ2v) is 11.4. The number of hydrogen-bond acceptors (Lipinski definition) is 7. The summed E-state index contributed by atoms with van der Waals surface area (Å²) in [7, 11) is -3.63. The minimum absolute atomic E-state index is 0.0423. The molecule has 35 heavy (non-hydrogen) atoms. The van der Waals surface area contributed by atoms with Crippen LogP contribution in [0.2, 0.25) is 0 Å². The number of aromatic nitrogens is 1. The first-order valence-corrected chi connectivity index (χ1v) is 13.7. The van der Waals surface area contributed by atoms with Crippen molar-refractivity contribution in [2.45, 2.75) is 62.4 Å². The molecule has 2 aliphatic heterocycles. The van der Waals surface area contributed by atoms with E-state index in [9.17, 15) is 22.0 Å². The zero-order chi connectivity index (χ0) is 24.7. The normalized spacial score (nSPS) is 20.0. The van der Waals surface area contributed by atoms with Crippen LogP contribution in [0.4, 0.5) is 25.8 Å². The van der Waals surface area contributed by atoms with Crippen LogP contribution in [0.3, 0.4) is 0 Å². The second-order valence-electron chi connectivity index (χ2n) is 9.46. The predicted octanol–water partition coefficient (Wildman–Crippen LogP) is 4.89. The van der Waals surface area contributed by atoms with Crippen LogP contribution >= 0.6 is 0 Å². The second kappa shape index (κ2) is 9.39. The van der Waals surface area contributed by atoms with E-state index in [1.807, 2.05) is 6.07 Å². The van der Waals surface area contributed by atoms with Crippen molar-refractivity contribution in [1.29, 1.82) is 0 Å². The van der Waals surface area contributed by atoms with Crippen LogP contribution < -0.4 is 5.32 Å². The first kappa shape index (κ1) is 24.0. The van der Waals surface area contributed by atoms with E-state index in [0.29, 0.717) is 29.4 Å². The van der Waals surface area contributed by atoms with E-state index in [1.54, 1.807) is 18.2 Å². The molecule has 186 valence electrons. The fraction of sp³-hybridized carbons (Fsp3) is 0.480. The minimum atomic E-state index is -3.63. The number of halogens is 2. The van der Waals surface area contributed by atoms with Gasteiger partial charge in [0, 0.05) is 31.6 Å². The van der Waals surface area contributed by atoms with Gasteiger partial charge in [-0.25, -0.2) is 22.2 Å². The maximum atomic E-state index is 13.4. The third kappa shape index (κ3) is 5.28. The number of aliphatic imine (C=N–C) groups is 1. The van der Waals surface area contributed by atoms with Crippen LogP contribution in [0.5, 0.6) is 0 Å². The zero-order valence-electron chi connectivity index (χ0n) is 19.4. The highest BCUT2D eigenvalue weighted by Gasteiger charge is 2.31. The van der Waals surface area contributed by atoms with Crippen LogP contribution in [-0.2, 0) is 32.2 Å². The maximum absolute atomic E-state index is 13.4. The van der Waals surface area contributed by atoms with Crippen molar-refractivity contribution in [3.63, 3.8) is 0 Å². The summed E-state index contributed by atoms with van der Waals surface area (Å²) in [5, 5.41) is 3.10. The summed E-state index contributed by atoms with van der Waals surface area (Å²) in [6.07, 6.45) is 2.77. The van der Waals surface area contributed by atoms with Gasteiger partial charge in [0.25, 0.3) is 6.43 Å². The van der Waals surface area contributed by atoms with Crippen molar-refractivity contribution < 1.29 is 26.7 Å². The fourth-order valence-corrected chi connectivity index (χ4v) is 5.46. The number of carbonyl (C=O) groups excluding carboxylic acids is 1. The predicted molar refractivity (Wildman–Crippen MR) is 128 cm³/mol. The van der Waals surface area contributed by atoms with Gasteiger partial charge in [-0.05, 0) is 55.9 Å². The number of ether oxygens (including phenoxy) is 1. The van der Waals surface area contributed by atoms with Gasteiger partial charge in [0.1, 0.15) is 11.5 Å². The van der Waals surface area contributed by atoms with Crippen molar-refractivity contribution in [2.75, 3.05) is 18.2 Å². The molecular weight excluding hydrogens is 476 g/mol. The number of fused-ring (bicyclic) bond motifs is 1. The van der Waals surface area contributed by atoms with Gasteiger partial charge in [-0.15, -0.1) is 0 Å². The van der Waals surface area contributed by atoms with Crippen LogP contribution in [0.1, 0.15) is 55.2 Å². The molecule has 0 unspecified atom stereocenters. The Balaban J connectivity index is 1.53. The minimum Gasteiger partial charge on any atom is -0.374 e. The van der Waals surface area contributed by atoms with Crippen molar-refractivity contribution in [3.05, 3.63) is 41.2 Å². The number of benzene rings is 1. The number of anilines is 2. The molecule has 7 nitrogen and oxygen atoms in total. The number of alkyl halides is 2. The summed E-state index contributed by atoms with van der Waals surface area (Å²) in [6, 6.07) is 6.71. The molecule has 0 radical (unpaired) electrons. The Labute approximate surface area is 202 Å². The molecule has 1 saturated carbocycles. The summed E-state index contributed by atoms with van der Waals surface area (Å²) in [4.78, 5) is 21.0. The van der Waals surface area contributed by atoms with Gasteiger partial charge >= 0.3 is 0 Å². The van der Waals surface area contributed by atoms with Gasteiger partial charge < -0.3 is 10.1 Å². The van der Waals surface area contributed by atoms with Crippen LogP contribution in [-0.4, -0.2) is 44.2 Å². The molecule has 3 aliphatic rings. The molecule has 5 rings (SSSR count). The Morgan fingerprint density at radius 2 is 1.97 bits per heavy atom. The highest BCUT2D eigenvalue weighted by Crippen LogP contribution is 2.40. The molecule has 1 atom stereocenters. The van der Waals surface area contributed by atoms with Crippen molar-refractivity contribution in [1.82, 2.24) is 4.98 Å². The van der Waals surface area contributed by atoms with E-state index in [-0.39, 0.29) is 46.9 Å². The van der Waals surface area contributed by atoms with Crippen molar-refractivity contribution in [2.24, 2.45) is 10.9 Å². The lowest BCUT2D eigenvalue weighted by Crippen LogP contribution is -2.13. The number of ketones is 1. The average molecular weight is 504 g/mol. The summed E-state index contributed by atoms with van der Waals surface area (Å²) >= 11 is 0. The third-order valence-electron chi connectivity index (χ3n) is 6.59. The topological polar surface area (TPSA) is 97.7 Å². The van der Waals surface area contributed by atoms with E-state index >= 15 is 0 Å². The molecule has 1 N–H and O–H groups in total. The van der Waals surface area contributed by atoms with Gasteiger partial charge in [-0.1, -0.05) is 6.07 Å². The highest BCUT2D eigenvalue weighted by molar-refractivity contribution is 7.90. The largest absolute Gasteiger partial charge is 0.374 e. The lowest BCUT2D eigenvalue weighted by atomic mass is 10.0. The summed E-state index contributed by atoms with van der Waals surface area (Å²) in [6.45, 7) is 0.634. The number of rotatable bonds is 8. The van der Waals surface area contributed by atoms with E-state index in [0.717, 1.165) is 43.9 Å². The smallest absolute Gasteiger partial charge is 0.277 e. The zero-order valence-corrected chi connectivity index (χ0v) is 20.2. The lowest BCUT2D eigenvalue weighted by Gasteiger charge is -2.24. The van der Waals surface area contributed by atoms with Crippen LogP contribution in [0.15, 0.2) is 34.2 Å². The Hall–Kier alpha value is -2.72. The van der Waals surface area contributed by atoms with Gasteiger partial charge in [0.05, 0.1) is 39.5 Å². The number of sulfone groups is 1. The van der Waals surface area contributed by atoms with Crippen LogP contribution in [0, 0.1) is 5.92 Å². The Morgan fingerprint density at radius 1 is 1.17 bits per heavy atom. The maximum Gasteiger partial charge on any atom is 0.277 e. The van der Waals surface area contributed by atoms with E-state index in [1.165, 1.54) is 0 Å². The number of Topliss-reactive ketones (excluding diaryl/α,β-unsaturated/α-hetero) is 1. The van der Waals surface area contributed by atoms with E-state index in [4.69, 9.17) is 4.74 Å². The van der Waals surface area contributed by atoms with Crippen LogP contribution in [0.25, 0.3) is 0 Å². The van der Waals surface area contributed by atoms with Gasteiger partial charge in [-0.3, -0.25) is 9.78 Å². The Bertz CT molecular complexity index is 1300. The Morgan fingerprint density at radius 3 is 2.63 bits per heavy atom. The molecule has 0 spiro atoms. The SMILES string of the molecule is CS(=O)(=O)c1cc([C@H]2CCCCO2)ccc1Nc1cc(CC(=O)C2CC2)nc2c1N=C(C(F)F)C2. The van der Waals surface area contributed by atoms with Gasteiger partial charge in [0.15, 0.2) is 9.84 Å². The number of carbonyl (C=O) groups is 1. The molecule has 1 aliphatic carbocycles. The lowest BCUT2D eigenvalue weighted by molar-refractivity contribution is -0.119. The monoisotopic (exact) mass is 503 g/mol.